The smallest absolute Gasteiger partial charge is 0.234 e. The van der Waals surface area contributed by atoms with Crippen molar-refractivity contribution in [3.8, 4) is 0 Å². The van der Waals surface area contributed by atoms with Crippen molar-refractivity contribution in [1.82, 2.24) is 9.97 Å². The summed E-state index contributed by atoms with van der Waals surface area (Å²) < 4.78 is 0. The van der Waals surface area contributed by atoms with Gasteiger partial charge in [-0.05, 0) is 37.8 Å². The lowest BCUT2D eigenvalue weighted by Gasteiger charge is -2.31. The van der Waals surface area contributed by atoms with Gasteiger partial charge in [0.25, 0.3) is 0 Å². The number of nitrogens with one attached hydrogen (secondary N) is 1. The lowest BCUT2D eigenvalue weighted by Crippen LogP contribution is -2.34. The average molecular weight is 356 g/mol. The van der Waals surface area contributed by atoms with Gasteiger partial charge in [-0.3, -0.25) is 4.79 Å². The summed E-state index contributed by atoms with van der Waals surface area (Å²) in [6, 6.07) is 9.79. The predicted molar refractivity (Wildman–Crippen MR) is 103 cm³/mol. The summed E-state index contributed by atoms with van der Waals surface area (Å²) in [5.41, 5.74) is 2.00. The van der Waals surface area contributed by atoms with E-state index in [-0.39, 0.29) is 5.91 Å². The SMILES string of the molecule is Cc1ccc(NC(=O)CSc2cc(N3CCC[C@H](C)C3)ncn2)cc1. The molecule has 1 amide bonds. The molecule has 3 rings (SSSR count). The number of aromatic nitrogens is 2. The van der Waals surface area contributed by atoms with Crippen LogP contribution in [0.25, 0.3) is 0 Å². The Balaban J connectivity index is 1.55. The number of nitrogens with zero attached hydrogens (tertiary/aromatic N) is 3. The summed E-state index contributed by atoms with van der Waals surface area (Å²) in [4.78, 5) is 23.1. The van der Waals surface area contributed by atoms with E-state index < -0.39 is 0 Å². The summed E-state index contributed by atoms with van der Waals surface area (Å²) in [5.74, 6) is 1.96. The van der Waals surface area contributed by atoms with Crippen molar-refractivity contribution in [2.75, 3.05) is 29.1 Å². The number of hydrogen-bond acceptors (Lipinski definition) is 5. The number of amides is 1. The molecule has 0 saturated carbocycles. The molecule has 5 nitrogen and oxygen atoms in total. The topological polar surface area (TPSA) is 58.1 Å². The second kappa shape index (κ2) is 8.34. The first-order valence-corrected chi connectivity index (χ1v) is 9.65. The molecule has 0 unspecified atom stereocenters. The number of carbonyl (C=O) groups excluding carboxylic acids is 1. The van der Waals surface area contributed by atoms with E-state index in [4.69, 9.17) is 0 Å². The molecular formula is C19H24N4OS. The van der Waals surface area contributed by atoms with Gasteiger partial charge in [0.05, 0.1) is 5.75 Å². The molecule has 1 aliphatic rings. The van der Waals surface area contributed by atoms with Gasteiger partial charge in [0.2, 0.25) is 5.91 Å². The van der Waals surface area contributed by atoms with Crippen LogP contribution in [-0.2, 0) is 4.79 Å². The summed E-state index contributed by atoms with van der Waals surface area (Å²) >= 11 is 1.44. The third kappa shape index (κ3) is 5.19. The Hall–Kier alpha value is -2.08. The highest BCUT2D eigenvalue weighted by Crippen LogP contribution is 2.24. The van der Waals surface area contributed by atoms with Gasteiger partial charge in [0.15, 0.2) is 0 Å². The zero-order valence-corrected chi connectivity index (χ0v) is 15.6. The molecule has 1 saturated heterocycles. The maximum absolute atomic E-state index is 12.1. The molecule has 1 fully saturated rings. The summed E-state index contributed by atoms with van der Waals surface area (Å²) in [7, 11) is 0. The molecule has 2 heterocycles. The lowest BCUT2D eigenvalue weighted by atomic mass is 10.0. The number of hydrogen-bond donors (Lipinski definition) is 1. The largest absolute Gasteiger partial charge is 0.356 e. The Labute approximate surface area is 153 Å². The van der Waals surface area contributed by atoms with Gasteiger partial charge in [-0.2, -0.15) is 0 Å². The van der Waals surface area contributed by atoms with Gasteiger partial charge < -0.3 is 10.2 Å². The van der Waals surface area contributed by atoms with E-state index in [9.17, 15) is 4.79 Å². The van der Waals surface area contributed by atoms with Gasteiger partial charge in [-0.25, -0.2) is 9.97 Å². The van der Waals surface area contributed by atoms with Gasteiger partial charge in [0.1, 0.15) is 17.2 Å². The molecule has 1 aliphatic heterocycles. The number of rotatable bonds is 5. The monoisotopic (exact) mass is 356 g/mol. The van der Waals surface area contributed by atoms with Crippen LogP contribution in [-0.4, -0.2) is 34.7 Å². The Bertz CT molecular complexity index is 720. The fourth-order valence-electron chi connectivity index (χ4n) is 2.95. The van der Waals surface area contributed by atoms with Crippen molar-refractivity contribution in [2.45, 2.75) is 31.7 Å². The van der Waals surface area contributed by atoms with E-state index in [1.807, 2.05) is 37.3 Å². The van der Waals surface area contributed by atoms with E-state index in [0.29, 0.717) is 11.7 Å². The number of anilines is 2. The minimum Gasteiger partial charge on any atom is -0.356 e. The summed E-state index contributed by atoms with van der Waals surface area (Å²) in [5, 5.41) is 3.75. The zero-order valence-electron chi connectivity index (χ0n) is 14.7. The highest BCUT2D eigenvalue weighted by atomic mass is 32.2. The molecule has 2 aromatic rings. The van der Waals surface area contributed by atoms with Crippen LogP contribution in [0.1, 0.15) is 25.3 Å². The second-order valence-corrected chi connectivity index (χ2v) is 7.61. The molecule has 1 aromatic carbocycles. The highest BCUT2D eigenvalue weighted by molar-refractivity contribution is 7.99. The summed E-state index contributed by atoms with van der Waals surface area (Å²) in [6.45, 7) is 6.38. The van der Waals surface area contributed by atoms with Crippen LogP contribution in [0.5, 0.6) is 0 Å². The molecule has 132 valence electrons. The molecule has 0 spiro atoms. The normalized spacial score (nSPS) is 17.4. The van der Waals surface area contributed by atoms with E-state index in [0.717, 1.165) is 29.6 Å². The lowest BCUT2D eigenvalue weighted by molar-refractivity contribution is -0.113. The van der Waals surface area contributed by atoms with E-state index in [1.54, 1.807) is 6.33 Å². The van der Waals surface area contributed by atoms with Crippen molar-refractivity contribution >= 4 is 29.2 Å². The molecule has 0 bridgehead atoms. The number of carbonyl (C=O) groups is 1. The maximum Gasteiger partial charge on any atom is 0.234 e. The molecule has 6 heteroatoms. The van der Waals surface area contributed by atoms with E-state index in [2.05, 4.69) is 27.1 Å². The van der Waals surface area contributed by atoms with Crippen molar-refractivity contribution < 1.29 is 4.79 Å². The fourth-order valence-corrected chi connectivity index (χ4v) is 3.61. The van der Waals surface area contributed by atoms with Gasteiger partial charge in [-0.15, -0.1) is 0 Å². The Morgan fingerprint density at radius 3 is 2.88 bits per heavy atom. The summed E-state index contributed by atoms with van der Waals surface area (Å²) in [6.07, 6.45) is 4.07. The second-order valence-electron chi connectivity index (χ2n) is 6.61. The molecule has 1 aromatic heterocycles. The zero-order chi connectivity index (χ0) is 17.6. The van der Waals surface area contributed by atoms with Gasteiger partial charge in [-0.1, -0.05) is 36.4 Å². The first kappa shape index (κ1) is 17.7. The number of aryl methyl sites for hydroxylation is 1. The number of piperidine rings is 1. The van der Waals surface area contributed by atoms with Crippen LogP contribution < -0.4 is 10.2 Å². The van der Waals surface area contributed by atoms with Crippen molar-refractivity contribution in [3.05, 3.63) is 42.2 Å². The molecule has 25 heavy (non-hydrogen) atoms. The van der Waals surface area contributed by atoms with E-state index in [1.165, 1.54) is 30.2 Å². The van der Waals surface area contributed by atoms with Crippen molar-refractivity contribution in [3.63, 3.8) is 0 Å². The van der Waals surface area contributed by atoms with Crippen LogP contribution in [0.2, 0.25) is 0 Å². The Kier molecular flexibility index (Phi) is 5.91. The molecule has 1 atom stereocenters. The van der Waals surface area contributed by atoms with Crippen LogP contribution in [0.4, 0.5) is 11.5 Å². The van der Waals surface area contributed by atoms with Gasteiger partial charge >= 0.3 is 0 Å². The standard InChI is InChI=1S/C19H24N4OS/c1-14-5-7-16(8-6-14)22-18(24)12-25-19-10-17(20-13-21-19)23-9-3-4-15(2)11-23/h5-8,10,13,15H,3-4,9,11-12H2,1-2H3,(H,22,24)/t15-/m0/s1. The molecular weight excluding hydrogens is 332 g/mol. The third-order valence-electron chi connectivity index (χ3n) is 4.30. The third-order valence-corrected chi connectivity index (χ3v) is 5.22. The minimum atomic E-state index is -0.0272. The van der Waals surface area contributed by atoms with Crippen molar-refractivity contribution in [1.29, 1.82) is 0 Å². The first-order chi connectivity index (χ1) is 12.1. The Morgan fingerprint density at radius 1 is 1.32 bits per heavy atom. The average Bonchev–Trinajstić information content (AvgIpc) is 2.62. The Morgan fingerprint density at radius 2 is 2.12 bits per heavy atom. The fraction of sp³-hybridized carbons (Fsp3) is 0.421. The highest BCUT2D eigenvalue weighted by Gasteiger charge is 2.18. The predicted octanol–water partition coefficient (Wildman–Crippen LogP) is 3.75. The molecule has 1 N–H and O–H groups in total. The minimum absolute atomic E-state index is 0.0272. The quantitative estimate of drug-likeness (QED) is 0.653. The van der Waals surface area contributed by atoms with Crippen LogP contribution >= 0.6 is 11.8 Å². The molecule has 0 aliphatic carbocycles. The van der Waals surface area contributed by atoms with Crippen LogP contribution in [0, 0.1) is 12.8 Å². The van der Waals surface area contributed by atoms with Gasteiger partial charge in [0, 0.05) is 24.8 Å². The first-order valence-electron chi connectivity index (χ1n) is 8.66. The van der Waals surface area contributed by atoms with Crippen molar-refractivity contribution in [2.24, 2.45) is 5.92 Å². The maximum atomic E-state index is 12.1. The van der Waals surface area contributed by atoms with Crippen LogP contribution in [0.3, 0.4) is 0 Å². The van der Waals surface area contributed by atoms with E-state index >= 15 is 0 Å². The molecule has 0 radical (unpaired) electrons. The number of benzene rings is 1. The number of thioether (sulfide) groups is 1. The van der Waals surface area contributed by atoms with Crippen LogP contribution in [0.15, 0.2) is 41.7 Å².